The summed E-state index contributed by atoms with van der Waals surface area (Å²) in [6, 6.07) is 13.0. The van der Waals surface area contributed by atoms with Crippen LogP contribution in [0.1, 0.15) is 67.9 Å². The molecule has 0 fully saturated rings. The molecule has 0 atom stereocenters. The maximum absolute atomic E-state index is 12.8. The highest BCUT2D eigenvalue weighted by Gasteiger charge is 2.19. The quantitative estimate of drug-likeness (QED) is 0.407. The third-order valence-electron chi connectivity index (χ3n) is 5.02. The molecule has 0 aliphatic rings. The van der Waals surface area contributed by atoms with E-state index in [4.69, 9.17) is 4.74 Å². The predicted octanol–water partition coefficient (Wildman–Crippen LogP) is 5.57. The number of rotatable bonds is 11. The lowest BCUT2D eigenvalue weighted by Crippen LogP contribution is -2.24. The van der Waals surface area contributed by atoms with Gasteiger partial charge in [-0.05, 0) is 55.7 Å². The normalized spacial score (nSPS) is 10.7. The van der Waals surface area contributed by atoms with E-state index in [2.05, 4.69) is 31.7 Å². The van der Waals surface area contributed by atoms with Gasteiger partial charge in [0.05, 0.1) is 12.2 Å². The Bertz CT molecular complexity index is 736. The number of ether oxygens (including phenoxy) is 1. The first-order chi connectivity index (χ1) is 13.6. The minimum Gasteiger partial charge on any atom is -0.508 e. The number of anilines is 1. The molecular formula is C24H33NO3. The number of hydrogen-bond acceptors (Lipinski definition) is 4. The zero-order chi connectivity index (χ0) is 20.4. The van der Waals surface area contributed by atoms with Crippen LogP contribution in [-0.4, -0.2) is 30.8 Å². The first-order valence-corrected chi connectivity index (χ1v) is 10.4. The number of hydrogen-bond donors (Lipinski definition) is 1. The van der Waals surface area contributed by atoms with Gasteiger partial charge in [-0.15, -0.1) is 0 Å². The predicted molar refractivity (Wildman–Crippen MR) is 115 cm³/mol. The maximum Gasteiger partial charge on any atom is 0.338 e. The number of phenolic OH excluding ortho intramolecular Hbond substituents is 1. The van der Waals surface area contributed by atoms with Crippen molar-refractivity contribution >= 4 is 11.7 Å². The molecule has 4 nitrogen and oxygen atoms in total. The van der Waals surface area contributed by atoms with E-state index in [1.165, 1.54) is 6.42 Å². The van der Waals surface area contributed by atoms with Crippen molar-refractivity contribution in [2.24, 2.45) is 0 Å². The summed E-state index contributed by atoms with van der Waals surface area (Å²) in [5.41, 5.74) is 3.73. The maximum atomic E-state index is 12.8. The van der Waals surface area contributed by atoms with Crippen molar-refractivity contribution in [2.75, 3.05) is 24.6 Å². The fourth-order valence-electron chi connectivity index (χ4n) is 3.40. The SMILES string of the molecule is CCCCCCOC(=O)c1cccc(N(CC)CC)c1Cc1ccc(O)cc1. The molecule has 4 heteroatoms. The van der Waals surface area contributed by atoms with Gasteiger partial charge in [-0.1, -0.05) is 44.4 Å². The van der Waals surface area contributed by atoms with Gasteiger partial charge in [-0.3, -0.25) is 0 Å². The fourth-order valence-corrected chi connectivity index (χ4v) is 3.40. The Kier molecular flexibility index (Phi) is 8.86. The number of carbonyl (C=O) groups is 1. The van der Waals surface area contributed by atoms with Crippen LogP contribution in [0.5, 0.6) is 5.75 Å². The molecule has 2 rings (SSSR count). The summed E-state index contributed by atoms with van der Waals surface area (Å²) in [6.45, 7) is 8.61. The summed E-state index contributed by atoms with van der Waals surface area (Å²) < 4.78 is 5.58. The second-order valence-corrected chi connectivity index (χ2v) is 7.02. The Morgan fingerprint density at radius 3 is 2.32 bits per heavy atom. The van der Waals surface area contributed by atoms with Gasteiger partial charge in [0.1, 0.15) is 5.75 Å². The molecule has 0 aliphatic carbocycles. The largest absolute Gasteiger partial charge is 0.508 e. The second-order valence-electron chi connectivity index (χ2n) is 7.02. The van der Waals surface area contributed by atoms with Crippen LogP contribution in [0, 0.1) is 0 Å². The second kappa shape index (κ2) is 11.4. The Hall–Kier alpha value is -2.49. The van der Waals surface area contributed by atoms with Crippen molar-refractivity contribution in [3.8, 4) is 5.75 Å². The summed E-state index contributed by atoms with van der Waals surface area (Å²) >= 11 is 0. The van der Waals surface area contributed by atoms with Gasteiger partial charge in [-0.25, -0.2) is 4.79 Å². The lowest BCUT2D eigenvalue weighted by Gasteiger charge is -2.25. The lowest BCUT2D eigenvalue weighted by molar-refractivity contribution is 0.0496. The average Bonchev–Trinajstić information content (AvgIpc) is 2.71. The topological polar surface area (TPSA) is 49.8 Å². The van der Waals surface area contributed by atoms with Crippen molar-refractivity contribution in [3.63, 3.8) is 0 Å². The van der Waals surface area contributed by atoms with Gasteiger partial charge in [0.15, 0.2) is 0 Å². The summed E-state index contributed by atoms with van der Waals surface area (Å²) in [6.07, 6.45) is 4.94. The standard InChI is InChI=1S/C24H33NO3/c1-4-7-8-9-17-28-24(27)21-11-10-12-23(25(5-2)6-3)22(21)18-19-13-15-20(26)16-14-19/h10-16,26H,4-9,17-18H2,1-3H3. The van der Waals surface area contributed by atoms with Crippen LogP contribution in [0.25, 0.3) is 0 Å². The van der Waals surface area contributed by atoms with Crippen LogP contribution in [0.4, 0.5) is 5.69 Å². The molecule has 0 spiro atoms. The number of carbonyl (C=O) groups excluding carboxylic acids is 1. The summed E-state index contributed by atoms with van der Waals surface area (Å²) in [4.78, 5) is 15.1. The third-order valence-corrected chi connectivity index (χ3v) is 5.02. The zero-order valence-corrected chi connectivity index (χ0v) is 17.4. The summed E-state index contributed by atoms with van der Waals surface area (Å²) in [5, 5.41) is 9.56. The molecule has 152 valence electrons. The van der Waals surface area contributed by atoms with E-state index in [0.717, 1.165) is 49.2 Å². The van der Waals surface area contributed by atoms with Crippen molar-refractivity contribution in [1.82, 2.24) is 0 Å². The molecule has 0 saturated heterocycles. The Morgan fingerprint density at radius 1 is 0.964 bits per heavy atom. The average molecular weight is 384 g/mol. The van der Waals surface area contributed by atoms with Crippen molar-refractivity contribution in [1.29, 1.82) is 0 Å². The van der Waals surface area contributed by atoms with E-state index in [1.807, 2.05) is 24.3 Å². The molecular weight excluding hydrogens is 350 g/mol. The van der Waals surface area contributed by atoms with Crippen LogP contribution in [0.2, 0.25) is 0 Å². The smallest absolute Gasteiger partial charge is 0.338 e. The number of aromatic hydroxyl groups is 1. The summed E-state index contributed by atoms with van der Waals surface area (Å²) in [7, 11) is 0. The molecule has 0 saturated carbocycles. The van der Waals surface area contributed by atoms with Gasteiger partial charge in [0, 0.05) is 25.2 Å². The third kappa shape index (κ3) is 6.01. The van der Waals surface area contributed by atoms with Crippen LogP contribution in [0.3, 0.4) is 0 Å². The van der Waals surface area contributed by atoms with Crippen molar-refractivity contribution in [2.45, 2.75) is 52.9 Å². The number of phenols is 1. The zero-order valence-electron chi connectivity index (χ0n) is 17.4. The van der Waals surface area contributed by atoms with E-state index in [1.54, 1.807) is 12.1 Å². The first-order valence-electron chi connectivity index (χ1n) is 10.4. The fraction of sp³-hybridized carbons (Fsp3) is 0.458. The van der Waals surface area contributed by atoms with Gasteiger partial charge in [-0.2, -0.15) is 0 Å². The molecule has 2 aromatic carbocycles. The van der Waals surface area contributed by atoms with Crippen molar-refractivity contribution < 1.29 is 14.6 Å². The Morgan fingerprint density at radius 2 is 1.68 bits per heavy atom. The van der Waals surface area contributed by atoms with Crippen LogP contribution in [-0.2, 0) is 11.2 Å². The molecule has 0 unspecified atom stereocenters. The minimum atomic E-state index is -0.251. The van der Waals surface area contributed by atoms with Crippen LogP contribution >= 0.6 is 0 Å². The van der Waals surface area contributed by atoms with E-state index in [0.29, 0.717) is 18.6 Å². The molecule has 28 heavy (non-hydrogen) atoms. The minimum absolute atomic E-state index is 0.243. The highest BCUT2D eigenvalue weighted by atomic mass is 16.5. The molecule has 1 N–H and O–H groups in total. The molecule has 0 radical (unpaired) electrons. The molecule has 0 amide bonds. The number of esters is 1. The van der Waals surface area contributed by atoms with Gasteiger partial charge < -0.3 is 14.7 Å². The van der Waals surface area contributed by atoms with Gasteiger partial charge >= 0.3 is 5.97 Å². The van der Waals surface area contributed by atoms with Crippen LogP contribution in [0.15, 0.2) is 42.5 Å². The monoisotopic (exact) mass is 383 g/mol. The first kappa shape index (κ1) is 21.8. The van der Waals surface area contributed by atoms with E-state index in [-0.39, 0.29) is 11.7 Å². The highest BCUT2D eigenvalue weighted by Crippen LogP contribution is 2.28. The van der Waals surface area contributed by atoms with Crippen molar-refractivity contribution in [3.05, 3.63) is 59.2 Å². The van der Waals surface area contributed by atoms with E-state index >= 15 is 0 Å². The summed E-state index contributed by atoms with van der Waals surface area (Å²) in [5.74, 6) is -0.00762. The Labute approximate surface area is 169 Å². The molecule has 0 bridgehead atoms. The molecule has 0 aromatic heterocycles. The molecule has 0 aliphatic heterocycles. The highest BCUT2D eigenvalue weighted by molar-refractivity contribution is 5.93. The van der Waals surface area contributed by atoms with Crippen LogP contribution < -0.4 is 4.90 Å². The van der Waals surface area contributed by atoms with Gasteiger partial charge in [0.2, 0.25) is 0 Å². The van der Waals surface area contributed by atoms with E-state index < -0.39 is 0 Å². The van der Waals surface area contributed by atoms with E-state index in [9.17, 15) is 9.90 Å². The number of nitrogens with zero attached hydrogens (tertiary/aromatic N) is 1. The van der Waals surface area contributed by atoms with Gasteiger partial charge in [0.25, 0.3) is 0 Å². The lowest BCUT2D eigenvalue weighted by atomic mass is 9.97. The molecule has 2 aromatic rings. The number of benzene rings is 2. The molecule has 0 heterocycles. The number of unbranched alkanes of at least 4 members (excludes halogenated alkanes) is 3. The Balaban J connectivity index is 2.28.